The third kappa shape index (κ3) is 3.80. The highest BCUT2D eigenvalue weighted by atomic mass is 35.5. The lowest BCUT2D eigenvalue weighted by Crippen LogP contribution is -2.48. The average Bonchev–Trinajstić information content (AvgIpc) is 3.04. The van der Waals surface area contributed by atoms with Crippen LogP contribution in [-0.2, 0) is 11.3 Å². The highest BCUT2D eigenvalue weighted by Crippen LogP contribution is 2.21. The van der Waals surface area contributed by atoms with Gasteiger partial charge in [-0.3, -0.25) is 9.78 Å². The van der Waals surface area contributed by atoms with Gasteiger partial charge >= 0.3 is 0 Å². The molecule has 27 heavy (non-hydrogen) atoms. The lowest BCUT2D eigenvalue weighted by Gasteiger charge is -2.28. The van der Waals surface area contributed by atoms with E-state index in [1.165, 1.54) is 0 Å². The molecule has 0 bridgehead atoms. The number of hydrogen-bond acceptors (Lipinski definition) is 5. The standard InChI is InChI=1S/C19H19ClN4O3/c20-17-4-3-12(8-22-17)9-24-10-13(18-15(24)2-1-6-21-18)19(26)23-14-5-7-27-11-16(14)25/h1-4,6,8,10,14,16,25H,5,7,9,11H2,(H,23,26). The first-order chi connectivity index (χ1) is 13.1. The molecule has 0 aliphatic carbocycles. The molecule has 0 aromatic carbocycles. The normalized spacial score (nSPS) is 19.9. The summed E-state index contributed by atoms with van der Waals surface area (Å²) in [5.41, 5.74) is 2.92. The first-order valence-corrected chi connectivity index (χ1v) is 9.10. The summed E-state index contributed by atoms with van der Waals surface area (Å²) < 4.78 is 7.18. The van der Waals surface area contributed by atoms with Crippen LogP contribution in [0.1, 0.15) is 22.3 Å². The number of hydrogen-bond donors (Lipinski definition) is 2. The van der Waals surface area contributed by atoms with Crippen LogP contribution in [0.5, 0.6) is 0 Å². The maximum absolute atomic E-state index is 12.8. The maximum atomic E-state index is 12.8. The molecule has 2 unspecified atom stereocenters. The highest BCUT2D eigenvalue weighted by molar-refractivity contribution is 6.29. The Kier molecular flexibility index (Phi) is 5.07. The molecule has 0 saturated carbocycles. The van der Waals surface area contributed by atoms with Crippen molar-refractivity contribution in [1.29, 1.82) is 0 Å². The summed E-state index contributed by atoms with van der Waals surface area (Å²) in [6.45, 7) is 1.29. The van der Waals surface area contributed by atoms with Gasteiger partial charge in [-0.05, 0) is 30.2 Å². The lowest BCUT2D eigenvalue weighted by molar-refractivity contribution is -0.0260. The summed E-state index contributed by atoms with van der Waals surface area (Å²) in [4.78, 5) is 21.3. The highest BCUT2D eigenvalue weighted by Gasteiger charge is 2.27. The molecule has 1 fully saturated rings. The van der Waals surface area contributed by atoms with Crippen molar-refractivity contribution in [3.8, 4) is 0 Å². The fraction of sp³-hybridized carbons (Fsp3) is 0.316. The van der Waals surface area contributed by atoms with E-state index in [4.69, 9.17) is 16.3 Å². The molecule has 1 aliphatic heterocycles. The molecular weight excluding hydrogens is 368 g/mol. The third-order valence-electron chi connectivity index (χ3n) is 4.66. The van der Waals surface area contributed by atoms with E-state index >= 15 is 0 Å². The van der Waals surface area contributed by atoms with Crippen molar-refractivity contribution >= 4 is 28.5 Å². The molecule has 0 spiro atoms. The van der Waals surface area contributed by atoms with Crippen molar-refractivity contribution in [2.75, 3.05) is 13.2 Å². The second-order valence-corrected chi connectivity index (χ2v) is 6.93. The van der Waals surface area contributed by atoms with Gasteiger partial charge in [0.2, 0.25) is 0 Å². The number of aliphatic hydroxyl groups excluding tert-OH is 1. The van der Waals surface area contributed by atoms with Crippen LogP contribution < -0.4 is 5.32 Å². The quantitative estimate of drug-likeness (QED) is 0.669. The molecule has 1 saturated heterocycles. The minimum atomic E-state index is -0.704. The maximum Gasteiger partial charge on any atom is 0.255 e. The van der Waals surface area contributed by atoms with Crippen molar-refractivity contribution in [3.05, 3.63) is 59.1 Å². The minimum absolute atomic E-state index is 0.231. The van der Waals surface area contributed by atoms with Crippen LogP contribution in [0.2, 0.25) is 5.15 Å². The van der Waals surface area contributed by atoms with E-state index in [0.29, 0.717) is 35.8 Å². The van der Waals surface area contributed by atoms with E-state index in [1.54, 1.807) is 24.7 Å². The molecule has 2 N–H and O–H groups in total. The van der Waals surface area contributed by atoms with E-state index in [9.17, 15) is 9.90 Å². The number of carbonyl (C=O) groups is 1. The molecule has 4 heterocycles. The molecule has 3 aromatic rings. The number of rotatable bonds is 4. The van der Waals surface area contributed by atoms with Crippen LogP contribution in [-0.4, -0.2) is 50.9 Å². The fourth-order valence-electron chi connectivity index (χ4n) is 3.25. The van der Waals surface area contributed by atoms with Gasteiger partial charge in [-0.15, -0.1) is 0 Å². The van der Waals surface area contributed by atoms with Crippen LogP contribution in [0.15, 0.2) is 42.9 Å². The molecule has 2 atom stereocenters. The Hall–Kier alpha value is -2.48. The molecule has 1 aliphatic rings. The van der Waals surface area contributed by atoms with Gasteiger partial charge in [0, 0.05) is 31.7 Å². The topological polar surface area (TPSA) is 89.3 Å². The van der Waals surface area contributed by atoms with E-state index in [-0.39, 0.29) is 18.6 Å². The van der Waals surface area contributed by atoms with Gasteiger partial charge in [0.1, 0.15) is 10.7 Å². The number of ether oxygens (including phenoxy) is 1. The first-order valence-electron chi connectivity index (χ1n) is 8.73. The van der Waals surface area contributed by atoms with Gasteiger partial charge in [-0.25, -0.2) is 4.98 Å². The van der Waals surface area contributed by atoms with Gasteiger partial charge in [0.15, 0.2) is 0 Å². The predicted molar refractivity (Wildman–Crippen MR) is 101 cm³/mol. The minimum Gasteiger partial charge on any atom is -0.389 e. The van der Waals surface area contributed by atoms with Gasteiger partial charge < -0.3 is 19.7 Å². The van der Waals surface area contributed by atoms with Crippen molar-refractivity contribution in [3.63, 3.8) is 0 Å². The van der Waals surface area contributed by atoms with E-state index in [0.717, 1.165) is 11.1 Å². The molecule has 8 heteroatoms. The van der Waals surface area contributed by atoms with Crippen LogP contribution in [0, 0.1) is 0 Å². The van der Waals surface area contributed by atoms with Gasteiger partial charge in [-0.2, -0.15) is 0 Å². The van der Waals surface area contributed by atoms with Gasteiger partial charge in [0.25, 0.3) is 5.91 Å². The van der Waals surface area contributed by atoms with Gasteiger partial charge in [0.05, 0.1) is 29.8 Å². The molecule has 7 nitrogen and oxygen atoms in total. The van der Waals surface area contributed by atoms with Crippen molar-refractivity contribution in [2.45, 2.75) is 25.1 Å². The molecule has 0 radical (unpaired) electrons. The van der Waals surface area contributed by atoms with Crippen LogP contribution in [0.25, 0.3) is 11.0 Å². The largest absolute Gasteiger partial charge is 0.389 e. The van der Waals surface area contributed by atoms with Crippen LogP contribution in [0.4, 0.5) is 0 Å². The summed E-state index contributed by atoms with van der Waals surface area (Å²) in [5, 5.41) is 13.4. The van der Waals surface area contributed by atoms with E-state index < -0.39 is 6.10 Å². The number of amides is 1. The second-order valence-electron chi connectivity index (χ2n) is 6.54. The predicted octanol–water partition coefficient (Wildman–Crippen LogP) is 2.01. The number of carbonyl (C=O) groups excluding carboxylic acids is 1. The van der Waals surface area contributed by atoms with E-state index in [1.807, 2.05) is 22.8 Å². The Morgan fingerprint density at radius 1 is 1.37 bits per heavy atom. The number of halogens is 1. The van der Waals surface area contributed by atoms with Crippen molar-refractivity contribution < 1.29 is 14.6 Å². The van der Waals surface area contributed by atoms with Crippen molar-refractivity contribution in [1.82, 2.24) is 19.9 Å². The SMILES string of the molecule is O=C(NC1CCOCC1O)c1cn(Cc2ccc(Cl)nc2)c2cccnc12. The molecule has 3 aromatic heterocycles. The first kappa shape index (κ1) is 17.9. The Balaban J connectivity index is 1.63. The average molecular weight is 387 g/mol. The summed E-state index contributed by atoms with van der Waals surface area (Å²) in [7, 11) is 0. The second kappa shape index (κ2) is 7.64. The summed E-state index contributed by atoms with van der Waals surface area (Å²) in [6.07, 6.45) is 5.03. The zero-order valence-electron chi connectivity index (χ0n) is 14.5. The van der Waals surface area contributed by atoms with Crippen LogP contribution in [0.3, 0.4) is 0 Å². The molecule has 1 amide bonds. The number of aliphatic hydroxyl groups is 1. The van der Waals surface area contributed by atoms with Crippen LogP contribution >= 0.6 is 11.6 Å². The monoisotopic (exact) mass is 386 g/mol. The lowest BCUT2D eigenvalue weighted by atomic mass is 10.1. The Labute approximate surface area is 160 Å². The zero-order chi connectivity index (χ0) is 18.8. The summed E-state index contributed by atoms with van der Waals surface area (Å²) >= 11 is 5.85. The smallest absolute Gasteiger partial charge is 0.255 e. The third-order valence-corrected chi connectivity index (χ3v) is 4.89. The zero-order valence-corrected chi connectivity index (χ0v) is 15.3. The molecule has 4 rings (SSSR count). The number of pyridine rings is 2. The summed E-state index contributed by atoms with van der Waals surface area (Å²) in [6, 6.07) is 7.07. The Morgan fingerprint density at radius 2 is 2.26 bits per heavy atom. The number of nitrogens with zero attached hydrogens (tertiary/aromatic N) is 3. The number of nitrogens with one attached hydrogen (secondary N) is 1. The van der Waals surface area contributed by atoms with Crippen molar-refractivity contribution in [2.24, 2.45) is 0 Å². The molecule has 140 valence electrons. The Bertz CT molecular complexity index is 957. The van der Waals surface area contributed by atoms with E-state index in [2.05, 4.69) is 15.3 Å². The van der Waals surface area contributed by atoms with Gasteiger partial charge in [-0.1, -0.05) is 17.7 Å². The summed E-state index contributed by atoms with van der Waals surface area (Å²) in [5.74, 6) is -0.252. The number of fused-ring (bicyclic) bond motifs is 1. The molecular formula is C19H19ClN4O3. The number of aromatic nitrogens is 3. The fourth-order valence-corrected chi connectivity index (χ4v) is 3.37. The Morgan fingerprint density at radius 3 is 3.04 bits per heavy atom.